The van der Waals surface area contributed by atoms with Crippen LogP contribution in [0, 0.1) is 6.92 Å². The first-order valence-electron chi connectivity index (χ1n) is 11.8. The molecule has 1 aromatic carbocycles. The lowest BCUT2D eigenvalue weighted by molar-refractivity contribution is -0.513. The molecule has 5 rings (SSSR count). The molecule has 1 aliphatic heterocycles. The minimum atomic E-state index is -2.18. The standard InChI is InChI=1S/C26H31BN7Si/c1-18-8-9-19(32(2)3)12-23(18)35(6,7)24-13-20(33(4)5)10-11-34(24)27-21-14-28-16-30-25(21)26-22(27)15-29-17-31-26/h8-17H,1-7H3/q+1. The molecule has 9 heteroatoms. The Morgan fingerprint density at radius 1 is 0.800 bits per heavy atom. The van der Waals surface area contributed by atoms with Gasteiger partial charge in [0, 0.05) is 64.1 Å². The van der Waals surface area contributed by atoms with Crippen LogP contribution in [0.4, 0.5) is 11.4 Å². The summed E-state index contributed by atoms with van der Waals surface area (Å²) >= 11 is 0. The monoisotopic (exact) mass is 480 g/mol. The number of rotatable bonds is 5. The third kappa shape index (κ3) is 3.80. The van der Waals surface area contributed by atoms with Crippen LogP contribution < -0.4 is 35.7 Å². The van der Waals surface area contributed by atoms with Gasteiger partial charge < -0.3 is 9.80 Å². The van der Waals surface area contributed by atoms with Crippen LogP contribution in [0.15, 0.2) is 61.6 Å². The normalized spacial score (nSPS) is 12.4. The van der Waals surface area contributed by atoms with Gasteiger partial charge in [0.2, 0.25) is 0 Å². The lowest BCUT2D eigenvalue weighted by Gasteiger charge is -2.27. The quantitative estimate of drug-likeness (QED) is 0.341. The summed E-state index contributed by atoms with van der Waals surface area (Å²) in [7, 11) is 6.21. The molecule has 0 saturated carbocycles. The second-order valence-corrected chi connectivity index (χ2v) is 14.4. The fourth-order valence-electron chi connectivity index (χ4n) is 5.15. The van der Waals surface area contributed by atoms with Crippen LogP contribution in [-0.2, 0) is 0 Å². The Balaban J connectivity index is 1.78. The number of benzene rings is 1. The van der Waals surface area contributed by atoms with E-state index in [1.807, 2.05) is 12.4 Å². The first-order valence-corrected chi connectivity index (χ1v) is 14.8. The lowest BCUT2D eigenvalue weighted by atomic mass is 9.54. The van der Waals surface area contributed by atoms with Gasteiger partial charge in [-0.1, -0.05) is 24.7 Å². The van der Waals surface area contributed by atoms with Gasteiger partial charge in [-0.3, -0.25) is 4.48 Å². The van der Waals surface area contributed by atoms with Gasteiger partial charge in [0.15, 0.2) is 8.07 Å². The first kappa shape index (κ1) is 23.2. The number of aromatic nitrogens is 5. The van der Waals surface area contributed by atoms with Gasteiger partial charge >= 0.3 is 6.85 Å². The van der Waals surface area contributed by atoms with E-state index in [1.165, 1.54) is 27.4 Å². The van der Waals surface area contributed by atoms with Crippen molar-refractivity contribution in [2.24, 2.45) is 0 Å². The number of hydrogen-bond acceptors (Lipinski definition) is 6. The average Bonchev–Trinajstić information content (AvgIpc) is 3.18. The van der Waals surface area contributed by atoms with Crippen molar-refractivity contribution in [3.8, 4) is 11.4 Å². The largest absolute Gasteiger partial charge is 0.566 e. The molecule has 0 bridgehead atoms. The van der Waals surface area contributed by atoms with Crippen molar-refractivity contribution in [3.05, 3.63) is 67.1 Å². The Morgan fingerprint density at radius 3 is 1.94 bits per heavy atom. The molecule has 0 amide bonds. The molecule has 176 valence electrons. The van der Waals surface area contributed by atoms with Crippen LogP contribution in [0.25, 0.3) is 11.4 Å². The van der Waals surface area contributed by atoms with Crippen LogP contribution in [0.1, 0.15) is 5.56 Å². The zero-order valence-electron chi connectivity index (χ0n) is 21.5. The highest BCUT2D eigenvalue weighted by molar-refractivity contribution is 7.00. The second kappa shape index (κ2) is 8.57. The second-order valence-electron chi connectivity index (χ2n) is 10.1. The average molecular weight is 480 g/mol. The summed E-state index contributed by atoms with van der Waals surface area (Å²) < 4.78 is 2.42. The van der Waals surface area contributed by atoms with Gasteiger partial charge in [-0.15, -0.1) is 0 Å². The van der Waals surface area contributed by atoms with Gasteiger partial charge in [0.25, 0.3) is 0 Å². The summed E-state index contributed by atoms with van der Waals surface area (Å²) in [5, 5.41) is 2.76. The molecule has 0 radical (unpaired) electrons. The molecule has 0 fully saturated rings. The number of aryl methyl sites for hydroxylation is 1. The van der Waals surface area contributed by atoms with Crippen molar-refractivity contribution in [1.29, 1.82) is 0 Å². The van der Waals surface area contributed by atoms with Crippen molar-refractivity contribution >= 4 is 47.7 Å². The maximum atomic E-state index is 4.60. The molecule has 0 unspecified atom stereocenters. The van der Waals surface area contributed by atoms with Crippen LogP contribution in [-0.4, -0.2) is 63.0 Å². The van der Waals surface area contributed by atoms with Crippen molar-refractivity contribution in [2.75, 3.05) is 38.0 Å². The molecule has 0 atom stereocenters. The number of hydrogen-bond donors (Lipinski definition) is 0. The minimum absolute atomic E-state index is 0.0716. The van der Waals surface area contributed by atoms with E-state index in [1.54, 1.807) is 12.7 Å². The van der Waals surface area contributed by atoms with E-state index >= 15 is 0 Å². The van der Waals surface area contributed by atoms with Crippen molar-refractivity contribution in [1.82, 2.24) is 19.9 Å². The Morgan fingerprint density at radius 2 is 1.37 bits per heavy atom. The zero-order valence-corrected chi connectivity index (χ0v) is 22.5. The SMILES string of the molecule is Cc1ccc(N(C)C)cc1[Si](C)(C)c1cc(N(C)C)cc[n+]1B1c2cncnc2-c2ncncc21. The number of pyridine rings is 1. The number of fused-ring (bicyclic) bond motifs is 3. The summed E-state index contributed by atoms with van der Waals surface area (Å²) in [6.45, 7) is 7.04. The highest BCUT2D eigenvalue weighted by atomic mass is 28.3. The highest BCUT2D eigenvalue weighted by Gasteiger charge is 2.50. The first-order chi connectivity index (χ1) is 16.7. The molecular weight excluding hydrogens is 449 g/mol. The molecule has 0 spiro atoms. The molecule has 3 aromatic heterocycles. The summed E-state index contributed by atoms with van der Waals surface area (Å²) in [5.41, 5.74) is 7.65. The molecule has 0 saturated heterocycles. The smallest absolute Gasteiger partial charge is 0.378 e. The maximum Gasteiger partial charge on any atom is 0.566 e. The third-order valence-corrected chi connectivity index (χ3v) is 10.7. The molecule has 35 heavy (non-hydrogen) atoms. The fourth-order valence-corrected chi connectivity index (χ4v) is 8.36. The van der Waals surface area contributed by atoms with Crippen LogP contribution in [0.3, 0.4) is 0 Å². The Labute approximate surface area is 208 Å². The van der Waals surface area contributed by atoms with Gasteiger partial charge in [-0.05, 0) is 24.2 Å². The molecule has 4 aromatic rings. The minimum Gasteiger partial charge on any atom is -0.378 e. The maximum absolute atomic E-state index is 4.60. The third-order valence-electron chi connectivity index (χ3n) is 7.11. The summed E-state index contributed by atoms with van der Waals surface area (Å²) in [6.07, 6.45) is 9.27. The van der Waals surface area contributed by atoms with Crippen LogP contribution in [0.2, 0.25) is 13.1 Å². The van der Waals surface area contributed by atoms with Gasteiger partial charge in [0.1, 0.15) is 24.2 Å². The Bertz CT molecular complexity index is 1380. The van der Waals surface area contributed by atoms with Crippen molar-refractivity contribution in [2.45, 2.75) is 20.0 Å². The predicted molar refractivity (Wildman–Crippen MR) is 147 cm³/mol. The van der Waals surface area contributed by atoms with E-state index < -0.39 is 8.07 Å². The number of anilines is 2. The van der Waals surface area contributed by atoms with Crippen LogP contribution >= 0.6 is 0 Å². The predicted octanol–water partition coefficient (Wildman–Crippen LogP) is 0.452. The molecule has 0 N–H and O–H groups in total. The van der Waals surface area contributed by atoms with Crippen molar-refractivity contribution in [3.63, 3.8) is 0 Å². The topological polar surface area (TPSA) is 61.9 Å². The Kier molecular flexibility index (Phi) is 5.67. The fraction of sp³-hybridized carbons (Fsp3) is 0.269. The van der Waals surface area contributed by atoms with E-state index in [9.17, 15) is 0 Å². The van der Waals surface area contributed by atoms with Gasteiger partial charge in [0.05, 0.1) is 22.3 Å². The van der Waals surface area contributed by atoms with E-state index in [0.29, 0.717) is 0 Å². The molecule has 7 nitrogen and oxygen atoms in total. The van der Waals surface area contributed by atoms with E-state index in [-0.39, 0.29) is 6.85 Å². The van der Waals surface area contributed by atoms with Gasteiger partial charge in [-0.25, -0.2) is 19.9 Å². The zero-order chi connectivity index (χ0) is 24.9. The van der Waals surface area contributed by atoms with Crippen molar-refractivity contribution < 1.29 is 4.48 Å². The van der Waals surface area contributed by atoms with Gasteiger partial charge in [-0.2, -0.15) is 0 Å². The molecule has 0 aliphatic carbocycles. The van der Waals surface area contributed by atoms with E-state index in [0.717, 1.165) is 22.3 Å². The molecule has 1 aliphatic rings. The van der Waals surface area contributed by atoms with E-state index in [2.05, 4.69) is 119 Å². The van der Waals surface area contributed by atoms with E-state index in [4.69, 9.17) is 0 Å². The summed E-state index contributed by atoms with van der Waals surface area (Å²) in [5.74, 6) is 0. The molecule has 4 heterocycles. The summed E-state index contributed by atoms with van der Waals surface area (Å²) in [6, 6.07) is 11.4. The van der Waals surface area contributed by atoms with Crippen LogP contribution in [0.5, 0.6) is 0 Å². The highest BCUT2D eigenvalue weighted by Crippen LogP contribution is 2.19. The summed E-state index contributed by atoms with van der Waals surface area (Å²) in [4.78, 5) is 22.3. The number of nitrogens with zero attached hydrogens (tertiary/aromatic N) is 7. The lowest BCUT2D eigenvalue weighted by Crippen LogP contribution is -2.77. The Hall–Kier alpha value is -3.59. The molecular formula is C26H31BN7Si+.